The van der Waals surface area contributed by atoms with Crippen molar-refractivity contribution >= 4 is 0 Å². The first-order valence-corrected chi connectivity index (χ1v) is 2.35. The van der Waals surface area contributed by atoms with Crippen LogP contribution >= 0.6 is 0 Å². The molecule has 0 aliphatic carbocycles. The van der Waals surface area contributed by atoms with Gasteiger partial charge in [0.05, 0.1) is 0 Å². The standard InChI is InChI=1S/C6H11NO/c1-6(8)4-5-7(2)3/h4-5,8H,1H2,2-3H3/b5-4+. The molecule has 0 aliphatic rings. The zero-order valence-electron chi connectivity index (χ0n) is 5.26. The van der Waals surface area contributed by atoms with Crippen LogP contribution in [0.4, 0.5) is 0 Å². The van der Waals surface area contributed by atoms with Crippen LogP contribution in [-0.2, 0) is 0 Å². The number of rotatable bonds is 2. The average molecular weight is 113 g/mol. The largest absolute Gasteiger partial charge is 0.509 e. The molecule has 0 atom stereocenters. The molecule has 0 amide bonds. The van der Waals surface area contributed by atoms with Crippen LogP contribution in [0.25, 0.3) is 0 Å². The Morgan fingerprint density at radius 3 is 2.25 bits per heavy atom. The second kappa shape index (κ2) is 3.13. The van der Waals surface area contributed by atoms with Gasteiger partial charge in [-0.2, -0.15) is 0 Å². The molecule has 0 aliphatic heterocycles. The second-order valence-electron chi connectivity index (χ2n) is 1.77. The van der Waals surface area contributed by atoms with Crippen molar-refractivity contribution in [2.75, 3.05) is 14.1 Å². The molecule has 0 saturated heterocycles. The fraction of sp³-hybridized carbons (Fsp3) is 0.333. The minimum absolute atomic E-state index is 0.0821. The number of nitrogens with zero attached hydrogens (tertiary/aromatic N) is 1. The maximum absolute atomic E-state index is 8.49. The van der Waals surface area contributed by atoms with Crippen molar-refractivity contribution in [3.8, 4) is 0 Å². The van der Waals surface area contributed by atoms with Crippen LogP contribution in [0.1, 0.15) is 0 Å². The highest BCUT2D eigenvalue weighted by Gasteiger charge is 1.76. The summed E-state index contributed by atoms with van der Waals surface area (Å²) in [5.74, 6) is 0.0821. The molecule has 0 aromatic rings. The lowest BCUT2D eigenvalue weighted by molar-refractivity contribution is 0.432. The Labute approximate surface area is 49.7 Å². The van der Waals surface area contributed by atoms with Gasteiger partial charge in [0.1, 0.15) is 5.76 Å². The number of hydrogen-bond donors (Lipinski definition) is 1. The molecule has 0 radical (unpaired) electrons. The van der Waals surface area contributed by atoms with E-state index in [4.69, 9.17) is 5.11 Å². The summed E-state index contributed by atoms with van der Waals surface area (Å²) in [6.45, 7) is 3.27. The van der Waals surface area contributed by atoms with Gasteiger partial charge >= 0.3 is 0 Å². The Bertz CT molecular complexity index is 105. The monoisotopic (exact) mass is 113 g/mol. The van der Waals surface area contributed by atoms with E-state index < -0.39 is 0 Å². The molecule has 0 rings (SSSR count). The van der Waals surface area contributed by atoms with Gasteiger partial charge in [-0.15, -0.1) is 0 Å². The Balaban J connectivity index is 3.50. The summed E-state index contributed by atoms with van der Waals surface area (Å²) in [7, 11) is 3.75. The Hall–Kier alpha value is -0.920. The molecule has 2 heteroatoms. The predicted molar refractivity (Wildman–Crippen MR) is 34.6 cm³/mol. The molecule has 0 spiro atoms. The molecule has 0 saturated carbocycles. The Morgan fingerprint density at radius 1 is 1.62 bits per heavy atom. The molecule has 0 aromatic carbocycles. The summed E-state index contributed by atoms with van der Waals surface area (Å²) in [6, 6.07) is 0. The van der Waals surface area contributed by atoms with E-state index in [2.05, 4.69) is 6.58 Å². The quantitative estimate of drug-likeness (QED) is 0.428. The first-order valence-electron chi connectivity index (χ1n) is 2.35. The number of allylic oxidation sites excluding steroid dienone is 1. The van der Waals surface area contributed by atoms with E-state index in [1.807, 2.05) is 19.0 Å². The fourth-order valence-corrected chi connectivity index (χ4v) is 0.235. The van der Waals surface area contributed by atoms with E-state index in [-0.39, 0.29) is 5.76 Å². The van der Waals surface area contributed by atoms with Crippen molar-refractivity contribution in [2.45, 2.75) is 0 Å². The van der Waals surface area contributed by atoms with Crippen molar-refractivity contribution in [1.29, 1.82) is 0 Å². The van der Waals surface area contributed by atoms with Crippen LogP contribution in [0, 0.1) is 0 Å². The van der Waals surface area contributed by atoms with E-state index in [1.54, 1.807) is 6.20 Å². The fourth-order valence-electron chi connectivity index (χ4n) is 0.235. The normalized spacial score (nSPS) is 9.75. The van der Waals surface area contributed by atoms with E-state index in [1.165, 1.54) is 6.08 Å². The van der Waals surface area contributed by atoms with Crippen molar-refractivity contribution in [1.82, 2.24) is 4.90 Å². The summed E-state index contributed by atoms with van der Waals surface area (Å²) in [5.41, 5.74) is 0. The molecule has 1 N–H and O–H groups in total. The highest BCUT2D eigenvalue weighted by atomic mass is 16.3. The van der Waals surface area contributed by atoms with Crippen LogP contribution in [0.2, 0.25) is 0 Å². The van der Waals surface area contributed by atoms with Gasteiger partial charge in [-0.05, 0) is 6.08 Å². The highest BCUT2D eigenvalue weighted by molar-refractivity contribution is 5.03. The minimum atomic E-state index is 0.0821. The van der Waals surface area contributed by atoms with Gasteiger partial charge in [0, 0.05) is 20.3 Å². The third-order valence-electron chi connectivity index (χ3n) is 0.565. The lowest BCUT2D eigenvalue weighted by atomic mass is 10.5. The van der Waals surface area contributed by atoms with E-state index >= 15 is 0 Å². The molecular weight excluding hydrogens is 102 g/mol. The lowest BCUT2D eigenvalue weighted by Gasteiger charge is -2.01. The molecule has 0 fully saturated rings. The summed E-state index contributed by atoms with van der Waals surface area (Å²) in [5, 5.41) is 8.49. The molecule has 8 heavy (non-hydrogen) atoms. The molecule has 2 nitrogen and oxygen atoms in total. The summed E-state index contributed by atoms with van der Waals surface area (Å²) in [6.07, 6.45) is 3.25. The van der Waals surface area contributed by atoms with E-state index in [0.717, 1.165) is 0 Å². The minimum Gasteiger partial charge on any atom is -0.509 e. The van der Waals surface area contributed by atoms with Crippen molar-refractivity contribution < 1.29 is 5.11 Å². The summed E-state index contributed by atoms with van der Waals surface area (Å²) >= 11 is 0. The van der Waals surface area contributed by atoms with Gasteiger partial charge in [0.25, 0.3) is 0 Å². The number of aliphatic hydroxyl groups is 1. The maximum atomic E-state index is 8.49. The van der Waals surface area contributed by atoms with Crippen LogP contribution in [0.3, 0.4) is 0 Å². The van der Waals surface area contributed by atoms with Crippen molar-refractivity contribution in [3.05, 3.63) is 24.6 Å². The van der Waals surface area contributed by atoms with Crippen molar-refractivity contribution in [3.63, 3.8) is 0 Å². The highest BCUT2D eigenvalue weighted by Crippen LogP contribution is 1.84. The maximum Gasteiger partial charge on any atom is 0.109 e. The second-order valence-corrected chi connectivity index (χ2v) is 1.77. The summed E-state index contributed by atoms with van der Waals surface area (Å²) in [4.78, 5) is 1.82. The third kappa shape index (κ3) is 5.08. The molecule has 0 bridgehead atoms. The van der Waals surface area contributed by atoms with Gasteiger partial charge in [-0.1, -0.05) is 6.58 Å². The topological polar surface area (TPSA) is 23.5 Å². The lowest BCUT2D eigenvalue weighted by Crippen LogP contribution is -1.99. The first kappa shape index (κ1) is 7.08. The molecular formula is C6H11NO. The smallest absolute Gasteiger partial charge is 0.109 e. The summed E-state index contributed by atoms with van der Waals surface area (Å²) < 4.78 is 0. The van der Waals surface area contributed by atoms with Crippen LogP contribution in [-0.4, -0.2) is 24.1 Å². The van der Waals surface area contributed by atoms with Gasteiger partial charge < -0.3 is 10.0 Å². The predicted octanol–water partition coefficient (Wildman–Crippen LogP) is 1.13. The number of aliphatic hydroxyl groups excluding tert-OH is 1. The molecule has 0 aromatic heterocycles. The third-order valence-corrected chi connectivity index (χ3v) is 0.565. The van der Waals surface area contributed by atoms with Gasteiger partial charge in [-0.25, -0.2) is 0 Å². The number of hydrogen-bond acceptors (Lipinski definition) is 2. The zero-order valence-corrected chi connectivity index (χ0v) is 5.26. The Morgan fingerprint density at radius 2 is 2.12 bits per heavy atom. The zero-order chi connectivity index (χ0) is 6.57. The van der Waals surface area contributed by atoms with Crippen LogP contribution < -0.4 is 0 Å². The van der Waals surface area contributed by atoms with Gasteiger partial charge in [0.15, 0.2) is 0 Å². The van der Waals surface area contributed by atoms with Gasteiger partial charge in [0.2, 0.25) is 0 Å². The van der Waals surface area contributed by atoms with Crippen LogP contribution in [0.5, 0.6) is 0 Å². The Kier molecular flexibility index (Phi) is 2.77. The van der Waals surface area contributed by atoms with E-state index in [0.29, 0.717) is 0 Å². The molecule has 0 unspecified atom stereocenters. The van der Waals surface area contributed by atoms with Gasteiger partial charge in [-0.3, -0.25) is 0 Å². The molecule has 0 heterocycles. The first-order chi connectivity index (χ1) is 3.63. The SMILES string of the molecule is C=C(O)/C=C/N(C)C. The molecule has 46 valence electrons. The average Bonchev–Trinajstić information content (AvgIpc) is 1.61. The van der Waals surface area contributed by atoms with Crippen LogP contribution in [0.15, 0.2) is 24.6 Å². The van der Waals surface area contributed by atoms with Crippen molar-refractivity contribution in [2.24, 2.45) is 0 Å². The van der Waals surface area contributed by atoms with E-state index in [9.17, 15) is 0 Å².